The molecule has 0 bridgehead atoms. The van der Waals surface area contributed by atoms with E-state index in [9.17, 15) is 4.79 Å². The van der Waals surface area contributed by atoms with Gasteiger partial charge in [0.25, 0.3) is 5.91 Å². The van der Waals surface area contributed by atoms with Gasteiger partial charge in [-0.15, -0.1) is 0 Å². The van der Waals surface area contributed by atoms with Crippen LogP contribution in [-0.4, -0.2) is 17.9 Å². The summed E-state index contributed by atoms with van der Waals surface area (Å²) in [5.74, 6) is -0.164. The molecular weight excluding hydrogens is 274 g/mol. The van der Waals surface area contributed by atoms with E-state index in [-0.39, 0.29) is 5.91 Å². The molecule has 1 amide bonds. The molecule has 0 aliphatic heterocycles. The molecule has 0 aliphatic rings. The lowest BCUT2D eigenvalue weighted by Crippen LogP contribution is -2.27. The zero-order valence-corrected chi connectivity index (χ0v) is 11.9. The summed E-state index contributed by atoms with van der Waals surface area (Å²) in [6.45, 7) is 0.419. The third kappa shape index (κ3) is 3.03. The van der Waals surface area contributed by atoms with Gasteiger partial charge in [-0.2, -0.15) is 0 Å². The van der Waals surface area contributed by atoms with Crippen molar-refractivity contribution in [1.29, 1.82) is 0 Å². The lowest BCUT2D eigenvalue weighted by atomic mass is 10.1. The number of carbonyl (C=O) groups is 1. The number of nitrogens with two attached hydrogens (primary N) is 2. The average Bonchev–Trinajstić information content (AvgIpc) is 2.40. The second-order valence-corrected chi connectivity index (χ2v) is 5.01. The highest BCUT2D eigenvalue weighted by atomic mass is 35.5. The SMILES string of the molecule is CN(Cc1ccccc1Cl)C(=O)c1ccc(N)cc1N. The number of benzene rings is 2. The quantitative estimate of drug-likeness (QED) is 0.854. The smallest absolute Gasteiger partial charge is 0.255 e. The fourth-order valence-electron chi connectivity index (χ4n) is 1.94. The fraction of sp³-hybridized carbons (Fsp3) is 0.133. The molecule has 2 aromatic rings. The Morgan fingerprint density at radius 3 is 2.55 bits per heavy atom. The van der Waals surface area contributed by atoms with Gasteiger partial charge in [0, 0.05) is 30.0 Å². The third-order valence-corrected chi connectivity index (χ3v) is 3.39. The molecule has 0 heterocycles. The summed E-state index contributed by atoms with van der Waals surface area (Å²) in [5, 5.41) is 0.637. The molecule has 2 aromatic carbocycles. The molecule has 0 radical (unpaired) electrons. The number of amides is 1. The molecule has 5 heteroatoms. The van der Waals surface area contributed by atoms with Crippen LogP contribution in [0.4, 0.5) is 11.4 Å². The molecular formula is C15H16ClN3O. The maximum absolute atomic E-state index is 12.4. The van der Waals surface area contributed by atoms with Crippen molar-refractivity contribution < 1.29 is 4.79 Å². The first-order chi connectivity index (χ1) is 9.49. The Morgan fingerprint density at radius 1 is 1.20 bits per heavy atom. The topological polar surface area (TPSA) is 72.3 Å². The largest absolute Gasteiger partial charge is 0.399 e. The highest BCUT2D eigenvalue weighted by molar-refractivity contribution is 6.31. The van der Waals surface area contributed by atoms with Crippen molar-refractivity contribution in [2.75, 3.05) is 18.5 Å². The summed E-state index contributed by atoms with van der Waals surface area (Å²) in [5.41, 5.74) is 13.7. The predicted molar refractivity (Wildman–Crippen MR) is 82.5 cm³/mol. The van der Waals surface area contributed by atoms with Gasteiger partial charge in [0.1, 0.15) is 0 Å². The average molecular weight is 290 g/mol. The summed E-state index contributed by atoms with van der Waals surface area (Å²) >= 11 is 6.09. The minimum atomic E-state index is -0.164. The van der Waals surface area contributed by atoms with Crippen molar-refractivity contribution in [2.45, 2.75) is 6.54 Å². The Balaban J connectivity index is 2.19. The van der Waals surface area contributed by atoms with Gasteiger partial charge in [-0.1, -0.05) is 29.8 Å². The molecule has 0 atom stereocenters. The minimum absolute atomic E-state index is 0.164. The Morgan fingerprint density at radius 2 is 1.90 bits per heavy atom. The molecule has 4 N–H and O–H groups in total. The van der Waals surface area contributed by atoms with Crippen LogP contribution in [0.3, 0.4) is 0 Å². The Labute approximate surface area is 122 Å². The van der Waals surface area contributed by atoms with Crippen molar-refractivity contribution in [3.05, 3.63) is 58.6 Å². The van der Waals surface area contributed by atoms with Crippen molar-refractivity contribution in [3.8, 4) is 0 Å². The van der Waals surface area contributed by atoms with Gasteiger partial charge in [-0.05, 0) is 29.8 Å². The van der Waals surface area contributed by atoms with Gasteiger partial charge in [0.2, 0.25) is 0 Å². The van der Waals surface area contributed by atoms with E-state index >= 15 is 0 Å². The van der Waals surface area contributed by atoms with Gasteiger partial charge in [-0.3, -0.25) is 4.79 Å². The van der Waals surface area contributed by atoms with Crippen LogP contribution in [0.2, 0.25) is 5.02 Å². The first-order valence-corrected chi connectivity index (χ1v) is 6.50. The van der Waals surface area contributed by atoms with Crippen LogP contribution >= 0.6 is 11.6 Å². The number of rotatable bonds is 3. The van der Waals surface area contributed by atoms with Crippen LogP contribution in [0.25, 0.3) is 0 Å². The first-order valence-electron chi connectivity index (χ1n) is 6.13. The maximum Gasteiger partial charge on any atom is 0.255 e. The lowest BCUT2D eigenvalue weighted by molar-refractivity contribution is 0.0786. The van der Waals surface area contributed by atoms with E-state index in [0.29, 0.717) is 28.5 Å². The van der Waals surface area contributed by atoms with E-state index in [2.05, 4.69) is 0 Å². The number of nitrogens with zero attached hydrogens (tertiary/aromatic N) is 1. The predicted octanol–water partition coefficient (Wildman–Crippen LogP) is 2.78. The summed E-state index contributed by atoms with van der Waals surface area (Å²) < 4.78 is 0. The van der Waals surface area contributed by atoms with E-state index in [1.807, 2.05) is 18.2 Å². The van der Waals surface area contributed by atoms with E-state index < -0.39 is 0 Å². The number of hydrogen-bond donors (Lipinski definition) is 2. The van der Waals surface area contributed by atoms with E-state index in [1.165, 1.54) is 0 Å². The summed E-state index contributed by atoms with van der Waals surface area (Å²) in [4.78, 5) is 13.9. The van der Waals surface area contributed by atoms with Crippen molar-refractivity contribution in [3.63, 3.8) is 0 Å². The van der Waals surface area contributed by atoms with E-state index in [4.69, 9.17) is 23.1 Å². The van der Waals surface area contributed by atoms with Gasteiger partial charge in [0.15, 0.2) is 0 Å². The maximum atomic E-state index is 12.4. The van der Waals surface area contributed by atoms with Crippen LogP contribution in [-0.2, 0) is 6.54 Å². The molecule has 20 heavy (non-hydrogen) atoms. The van der Waals surface area contributed by atoms with Crippen LogP contribution in [0.15, 0.2) is 42.5 Å². The minimum Gasteiger partial charge on any atom is -0.399 e. The number of halogens is 1. The normalized spacial score (nSPS) is 10.3. The number of hydrogen-bond acceptors (Lipinski definition) is 3. The van der Waals surface area contributed by atoms with E-state index in [0.717, 1.165) is 5.56 Å². The number of nitrogen functional groups attached to an aromatic ring is 2. The number of carbonyl (C=O) groups excluding carboxylic acids is 1. The van der Waals surface area contributed by atoms with Gasteiger partial charge < -0.3 is 16.4 Å². The second kappa shape index (κ2) is 5.84. The lowest BCUT2D eigenvalue weighted by Gasteiger charge is -2.19. The second-order valence-electron chi connectivity index (χ2n) is 4.60. The standard InChI is InChI=1S/C15H16ClN3O/c1-19(9-10-4-2-3-5-13(10)16)15(20)12-7-6-11(17)8-14(12)18/h2-8H,9,17-18H2,1H3. The third-order valence-electron chi connectivity index (χ3n) is 3.02. The van der Waals surface area contributed by atoms with Gasteiger partial charge >= 0.3 is 0 Å². The molecule has 0 aliphatic carbocycles. The van der Waals surface area contributed by atoms with E-state index in [1.54, 1.807) is 36.2 Å². The fourth-order valence-corrected chi connectivity index (χ4v) is 2.13. The molecule has 0 saturated carbocycles. The van der Waals surface area contributed by atoms with Crippen molar-refractivity contribution in [1.82, 2.24) is 4.90 Å². The van der Waals surface area contributed by atoms with Crippen molar-refractivity contribution in [2.24, 2.45) is 0 Å². The molecule has 0 unspecified atom stereocenters. The Bertz CT molecular complexity index is 643. The number of anilines is 2. The molecule has 4 nitrogen and oxygen atoms in total. The first kappa shape index (κ1) is 14.2. The Hall–Kier alpha value is -2.20. The monoisotopic (exact) mass is 289 g/mol. The Kier molecular flexibility index (Phi) is 4.15. The highest BCUT2D eigenvalue weighted by Gasteiger charge is 2.15. The van der Waals surface area contributed by atoms with Crippen LogP contribution in [0.5, 0.6) is 0 Å². The summed E-state index contributed by atoms with van der Waals surface area (Å²) in [7, 11) is 1.71. The zero-order chi connectivity index (χ0) is 14.7. The molecule has 0 aromatic heterocycles. The molecule has 0 fully saturated rings. The molecule has 0 spiro atoms. The molecule has 0 saturated heterocycles. The van der Waals surface area contributed by atoms with Gasteiger partial charge in [0.05, 0.1) is 5.56 Å². The van der Waals surface area contributed by atoms with Crippen LogP contribution in [0, 0.1) is 0 Å². The van der Waals surface area contributed by atoms with Crippen LogP contribution < -0.4 is 11.5 Å². The van der Waals surface area contributed by atoms with Gasteiger partial charge in [-0.25, -0.2) is 0 Å². The highest BCUT2D eigenvalue weighted by Crippen LogP contribution is 2.20. The zero-order valence-electron chi connectivity index (χ0n) is 11.1. The summed E-state index contributed by atoms with van der Waals surface area (Å²) in [6.07, 6.45) is 0. The summed E-state index contributed by atoms with van der Waals surface area (Å²) in [6, 6.07) is 12.3. The van der Waals surface area contributed by atoms with Crippen molar-refractivity contribution >= 4 is 28.9 Å². The molecule has 104 valence electrons. The van der Waals surface area contributed by atoms with Crippen LogP contribution in [0.1, 0.15) is 15.9 Å². The molecule has 2 rings (SSSR count).